The Hall–Kier alpha value is -0.890. The molecular formula is C12H17FO. The average molecular weight is 196 g/mol. The standard InChI is InChI=1S/C12H17FO/c13-12(9-5-2-6-10-14)11-7-3-1-4-8-11/h1,3-4,7-8,12,14H,2,5-6,9-10H2. The number of hydrogen-bond donors (Lipinski definition) is 1. The summed E-state index contributed by atoms with van der Waals surface area (Å²) < 4.78 is 13.5. The van der Waals surface area contributed by atoms with E-state index in [4.69, 9.17) is 5.11 Å². The molecule has 0 bridgehead atoms. The number of hydrogen-bond acceptors (Lipinski definition) is 1. The lowest BCUT2D eigenvalue weighted by Gasteiger charge is -2.07. The summed E-state index contributed by atoms with van der Waals surface area (Å²) in [6.07, 6.45) is 2.24. The van der Waals surface area contributed by atoms with Gasteiger partial charge in [-0.15, -0.1) is 0 Å². The SMILES string of the molecule is OCCCCCC(F)c1ccccc1. The molecule has 1 aromatic carbocycles. The zero-order chi connectivity index (χ0) is 10.2. The van der Waals surface area contributed by atoms with E-state index in [1.165, 1.54) is 0 Å². The molecule has 0 heterocycles. The second kappa shape index (κ2) is 6.55. The van der Waals surface area contributed by atoms with Crippen LogP contribution in [-0.2, 0) is 0 Å². The Morgan fingerprint density at radius 1 is 1.07 bits per heavy atom. The number of aliphatic hydroxyl groups excluding tert-OH is 1. The van der Waals surface area contributed by atoms with Gasteiger partial charge in [-0.1, -0.05) is 43.2 Å². The third-order valence-electron chi connectivity index (χ3n) is 2.28. The molecule has 0 aliphatic carbocycles. The highest BCUT2D eigenvalue weighted by Gasteiger charge is 2.07. The van der Waals surface area contributed by atoms with Crippen molar-refractivity contribution < 1.29 is 9.50 Å². The van der Waals surface area contributed by atoms with E-state index in [2.05, 4.69) is 0 Å². The van der Waals surface area contributed by atoms with E-state index in [0.29, 0.717) is 6.42 Å². The molecule has 1 unspecified atom stereocenters. The van der Waals surface area contributed by atoms with E-state index >= 15 is 0 Å². The van der Waals surface area contributed by atoms with Gasteiger partial charge in [0, 0.05) is 6.61 Å². The third-order valence-corrected chi connectivity index (χ3v) is 2.28. The molecule has 1 aromatic rings. The van der Waals surface area contributed by atoms with Crippen LogP contribution in [0, 0.1) is 0 Å². The van der Waals surface area contributed by atoms with Crippen LogP contribution in [0.25, 0.3) is 0 Å². The van der Waals surface area contributed by atoms with Gasteiger partial charge in [0.1, 0.15) is 6.17 Å². The molecular weight excluding hydrogens is 179 g/mol. The first-order valence-corrected chi connectivity index (χ1v) is 5.14. The number of aliphatic hydroxyl groups is 1. The normalized spacial score (nSPS) is 12.7. The minimum atomic E-state index is -0.852. The summed E-state index contributed by atoms with van der Waals surface area (Å²) in [7, 11) is 0. The summed E-state index contributed by atoms with van der Waals surface area (Å²) >= 11 is 0. The molecule has 0 saturated heterocycles. The Kier molecular flexibility index (Phi) is 5.23. The molecule has 0 radical (unpaired) electrons. The van der Waals surface area contributed by atoms with Gasteiger partial charge in [-0.25, -0.2) is 4.39 Å². The molecule has 1 nitrogen and oxygen atoms in total. The smallest absolute Gasteiger partial charge is 0.125 e. The molecule has 2 heteroatoms. The lowest BCUT2D eigenvalue weighted by Crippen LogP contribution is -1.92. The molecule has 0 amide bonds. The molecule has 14 heavy (non-hydrogen) atoms. The van der Waals surface area contributed by atoms with Gasteiger partial charge in [0.25, 0.3) is 0 Å². The molecule has 0 fully saturated rings. The second-order valence-corrected chi connectivity index (χ2v) is 3.45. The van der Waals surface area contributed by atoms with Crippen LogP contribution in [0.1, 0.15) is 37.4 Å². The molecule has 0 spiro atoms. The van der Waals surface area contributed by atoms with Crippen molar-refractivity contribution in [3.8, 4) is 0 Å². The summed E-state index contributed by atoms with van der Waals surface area (Å²) in [4.78, 5) is 0. The van der Waals surface area contributed by atoms with Gasteiger partial charge in [-0.2, -0.15) is 0 Å². The lowest BCUT2D eigenvalue weighted by atomic mass is 10.0. The van der Waals surface area contributed by atoms with Crippen molar-refractivity contribution in [3.63, 3.8) is 0 Å². The number of unbranched alkanes of at least 4 members (excludes halogenated alkanes) is 2. The monoisotopic (exact) mass is 196 g/mol. The highest BCUT2D eigenvalue weighted by atomic mass is 19.1. The Labute approximate surface area is 84.6 Å². The summed E-state index contributed by atoms with van der Waals surface area (Å²) in [5, 5.41) is 8.55. The van der Waals surface area contributed by atoms with E-state index in [-0.39, 0.29) is 6.61 Å². The van der Waals surface area contributed by atoms with Crippen LogP contribution in [0.4, 0.5) is 4.39 Å². The van der Waals surface area contributed by atoms with Gasteiger partial charge in [-0.05, 0) is 18.4 Å². The van der Waals surface area contributed by atoms with E-state index in [1.807, 2.05) is 30.3 Å². The predicted molar refractivity (Wildman–Crippen MR) is 55.8 cm³/mol. The van der Waals surface area contributed by atoms with Crippen molar-refractivity contribution in [3.05, 3.63) is 35.9 Å². The van der Waals surface area contributed by atoms with Gasteiger partial charge >= 0.3 is 0 Å². The van der Waals surface area contributed by atoms with Crippen LogP contribution >= 0.6 is 0 Å². The maximum atomic E-state index is 13.5. The molecule has 1 N–H and O–H groups in total. The molecule has 1 rings (SSSR count). The lowest BCUT2D eigenvalue weighted by molar-refractivity contribution is 0.272. The molecule has 78 valence electrons. The van der Waals surface area contributed by atoms with Crippen LogP contribution < -0.4 is 0 Å². The first-order valence-electron chi connectivity index (χ1n) is 5.14. The van der Waals surface area contributed by atoms with Gasteiger partial charge in [0.15, 0.2) is 0 Å². The predicted octanol–water partition coefficient (Wildman–Crippen LogP) is 3.25. The van der Waals surface area contributed by atoms with E-state index < -0.39 is 6.17 Å². The zero-order valence-electron chi connectivity index (χ0n) is 8.32. The van der Waals surface area contributed by atoms with Crippen LogP contribution in [0.3, 0.4) is 0 Å². The maximum absolute atomic E-state index is 13.5. The van der Waals surface area contributed by atoms with Crippen LogP contribution in [-0.4, -0.2) is 11.7 Å². The van der Waals surface area contributed by atoms with E-state index in [0.717, 1.165) is 24.8 Å². The molecule has 0 aliphatic heterocycles. The fraction of sp³-hybridized carbons (Fsp3) is 0.500. The van der Waals surface area contributed by atoms with Crippen LogP contribution in [0.15, 0.2) is 30.3 Å². The van der Waals surface area contributed by atoms with Crippen molar-refractivity contribution in [2.75, 3.05) is 6.61 Å². The van der Waals surface area contributed by atoms with Gasteiger partial charge in [-0.3, -0.25) is 0 Å². The van der Waals surface area contributed by atoms with Crippen molar-refractivity contribution in [2.24, 2.45) is 0 Å². The minimum Gasteiger partial charge on any atom is -0.396 e. The quantitative estimate of drug-likeness (QED) is 0.692. The van der Waals surface area contributed by atoms with Crippen molar-refractivity contribution in [1.82, 2.24) is 0 Å². The first-order chi connectivity index (χ1) is 6.84. The highest BCUT2D eigenvalue weighted by molar-refractivity contribution is 5.17. The first kappa shape index (κ1) is 11.2. The minimum absolute atomic E-state index is 0.211. The third kappa shape index (κ3) is 3.88. The Balaban J connectivity index is 2.25. The summed E-state index contributed by atoms with van der Waals surface area (Å²) in [6.45, 7) is 0.211. The van der Waals surface area contributed by atoms with Gasteiger partial charge in [0.05, 0.1) is 0 Å². The topological polar surface area (TPSA) is 20.2 Å². The summed E-state index contributed by atoms with van der Waals surface area (Å²) in [5.41, 5.74) is 0.761. The highest BCUT2D eigenvalue weighted by Crippen LogP contribution is 2.23. The van der Waals surface area contributed by atoms with Gasteiger partial charge < -0.3 is 5.11 Å². The number of benzene rings is 1. The Morgan fingerprint density at radius 3 is 2.43 bits per heavy atom. The maximum Gasteiger partial charge on any atom is 0.125 e. The average Bonchev–Trinajstić information content (AvgIpc) is 2.25. The van der Waals surface area contributed by atoms with Crippen molar-refractivity contribution in [2.45, 2.75) is 31.9 Å². The fourth-order valence-corrected chi connectivity index (χ4v) is 1.44. The molecule has 0 aliphatic rings. The van der Waals surface area contributed by atoms with Gasteiger partial charge in [0.2, 0.25) is 0 Å². The molecule has 1 atom stereocenters. The Morgan fingerprint density at radius 2 is 1.79 bits per heavy atom. The van der Waals surface area contributed by atoms with E-state index in [9.17, 15) is 4.39 Å². The number of halogens is 1. The molecule has 0 saturated carbocycles. The number of rotatable bonds is 6. The molecule has 0 aromatic heterocycles. The van der Waals surface area contributed by atoms with Crippen molar-refractivity contribution >= 4 is 0 Å². The summed E-state index contributed by atoms with van der Waals surface area (Å²) in [5.74, 6) is 0. The largest absolute Gasteiger partial charge is 0.396 e. The second-order valence-electron chi connectivity index (χ2n) is 3.45. The Bertz CT molecular complexity index is 235. The van der Waals surface area contributed by atoms with E-state index in [1.54, 1.807) is 0 Å². The zero-order valence-corrected chi connectivity index (χ0v) is 8.32. The van der Waals surface area contributed by atoms with Crippen LogP contribution in [0.5, 0.6) is 0 Å². The van der Waals surface area contributed by atoms with Crippen LogP contribution in [0.2, 0.25) is 0 Å². The summed E-state index contributed by atoms with van der Waals surface area (Å²) in [6, 6.07) is 9.24. The van der Waals surface area contributed by atoms with Crippen molar-refractivity contribution in [1.29, 1.82) is 0 Å². The number of alkyl halides is 1. The fourth-order valence-electron chi connectivity index (χ4n) is 1.44.